The number of aliphatic hydroxyl groups is 1. The van der Waals surface area contributed by atoms with Gasteiger partial charge in [-0.05, 0) is 54.1 Å². The minimum atomic E-state index is -4.48. The maximum Gasteiger partial charge on any atom is 0.416 e. The highest BCUT2D eigenvalue weighted by Gasteiger charge is 2.35. The van der Waals surface area contributed by atoms with Crippen LogP contribution < -0.4 is 5.32 Å². The number of morpholine rings is 1. The lowest BCUT2D eigenvalue weighted by Gasteiger charge is -2.38. The number of hydrogen-bond donors (Lipinski definition) is 2. The van der Waals surface area contributed by atoms with Crippen LogP contribution >= 0.6 is 0 Å². The molecule has 2 aromatic carbocycles. The van der Waals surface area contributed by atoms with Gasteiger partial charge in [0.05, 0.1) is 30.5 Å². The van der Waals surface area contributed by atoms with Crippen molar-refractivity contribution in [2.75, 3.05) is 18.5 Å². The number of alkyl halides is 3. The van der Waals surface area contributed by atoms with Crippen LogP contribution in [0.25, 0.3) is 0 Å². The number of benzene rings is 2. The number of nitrogens with zero attached hydrogens (tertiary/aromatic N) is 2. The van der Waals surface area contributed by atoms with Gasteiger partial charge < -0.3 is 20.1 Å². The average Bonchev–Trinajstić information content (AvgIpc) is 2.85. The molecule has 0 aliphatic carbocycles. The number of carbonyl (C=O) groups excluding carboxylic acids is 2. The summed E-state index contributed by atoms with van der Waals surface area (Å²) in [5.74, 6) is -0.828. The fourth-order valence-electron chi connectivity index (χ4n) is 3.76. The normalized spacial score (nSPS) is 17.2. The first-order chi connectivity index (χ1) is 16.7. The van der Waals surface area contributed by atoms with Gasteiger partial charge in [0.25, 0.3) is 5.91 Å². The highest BCUT2D eigenvalue weighted by Crippen LogP contribution is 2.29. The zero-order chi connectivity index (χ0) is 25.0. The highest BCUT2D eigenvalue weighted by atomic mass is 19.4. The quantitative estimate of drug-likeness (QED) is 0.554. The van der Waals surface area contributed by atoms with Crippen LogP contribution in [0.2, 0.25) is 0 Å². The Morgan fingerprint density at radius 3 is 2.46 bits per heavy atom. The molecule has 1 saturated heterocycles. The Morgan fingerprint density at radius 1 is 1.11 bits per heavy atom. The van der Waals surface area contributed by atoms with Crippen LogP contribution in [0.3, 0.4) is 0 Å². The van der Waals surface area contributed by atoms with Gasteiger partial charge in [-0.15, -0.1) is 0 Å². The molecule has 182 valence electrons. The standard InChI is InChI=1S/C25H22F3N3O4/c26-25(27,28)18-8-4-17(5-9-18)24(34)30-19-10-6-16(7-11-19)23(33)21-14-35-15-22(32)31(21)13-20-3-1-2-12-29-20/h1-12,21,23,33H,13-15H2,(H,30,34)/t21-,23-/m1/s1. The van der Waals surface area contributed by atoms with Crippen molar-refractivity contribution in [3.05, 3.63) is 95.3 Å². The number of ether oxygens (including phenoxy) is 1. The van der Waals surface area contributed by atoms with Gasteiger partial charge in [-0.2, -0.15) is 13.2 Å². The molecule has 1 aliphatic rings. The van der Waals surface area contributed by atoms with E-state index >= 15 is 0 Å². The van der Waals surface area contributed by atoms with E-state index in [2.05, 4.69) is 10.3 Å². The molecule has 2 amide bonds. The van der Waals surface area contributed by atoms with E-state index < -0.39 is 29.8 Å². The van der Waals surface area contributed by atoms with Crippen LogP contribution in [0.1, 0.15) is 33.3 Å². The number of halogens is 3. The van der Waals surface area contributed by atoms with Gasteiger partial charge in [-0.25, -0.2) is 0 Å². The third-order valence-corrected chi connectivity index (χ3v) is 5.64. The second-order valence-electron chi connectivity index (χ2n) is 8.02. The summed E-state index contributed by atoms with van der Waals surface area (Å²) in [5, 5.41) is 13.6. The van der Waals surface area contributed by atoms with E-state index in [1.54, 1.807) is 42.6 Å². The molecule has 0 saturated carbocycles. The maximum absolute atomic E-state index is 12.7. The number of aliphatic hydroxyl groups excluding tert-OH is 1. The first-order valence-corrected chi connectivity index (χ1v) is 10.8. The van der Waals surface area contributed by atoms with Crippen molar-refractivity contribution in [1.82, 2.24) is 9.88 Å². The van der Waals surface area contributed by atoms with E-state index in [0.717, 1.165) is 24.3 Å². The zero-order valence-corrected chi connectivity index (χ0v) is 18.4. The Bertz CT molecular complexity index is 1170. The van der Waals surface area contributed by atoms with Crippen LogP contribution in [-0.2, 0) is 22.3 Å². The Hall–Kier alpha value is -3.76. The molecule has 1 aromatic heterocycles. The second-order valence-corrected chi connectivity index (χ2v) is 8.02. The van der Waals surface area contributed by atoms with E-state index in [9.17, 15) is 27.9 Å². The molecule has 0 unspecified atom stereocenters. The molecule has 3 aromatic rings. The van der Waals surface area contributed by atoms with Crippen molar-refractivity contribution < 1.29 is 32.6 Å². The van der Waals surface area contributed by atoms with E-state index in [4.69, 9.17) is 4.74 Å². The van der Waals surface area contributed by atoms with Crippen molar-refractivity contribution in [3.63, 3.8) is 0 Å². The molecule has 2 N–H and O–H groups in total. The van der Waals surface area contributed by atoms with Crippen molar-refractivity contribution in [2.24, 2.45) is 0 Å². The molecule has 10 heteroatoms. The lowest BCUT2D eigenvalue weighted by atomic mass is 9.99. The predicted molar refractivity (Wildman–Crippen MR) is 120 cm³/mol. The monoisotopic (exact) mass is 485 g/mol. The van der Waals surface area contributed by atoms with Crippen molar-refractivity contribution >= 4 is 17.5 Å². The molecule has 0 radical (unpaired) electrons. The van der Waals surface area contributed by atoms with Crippen LogP contribution in [0.4, 0.5) is 18.9 Å². The van der Waals surface area contributed by atoms with Gasteiger partial charge in [0.15, 0.2) is 0 Å². The summed E-state index contributed by atoms with van der Waals surface area (Å²) in [6.07, 6.45) is -3.90. The highest BCUT2D eigenvalue weighted by molar-refractivity contribution is 6.04. The largest absolute Gasteiger partial charge is 0.416 e. The van der Waals surface area contributed by atoms with E-state index in [-0.39, 0.29) is 31.2 Å². The van der Waals surface area contributed by atoms with Gasteiger partial charge >= 0.3 is 6.18 Å². The van der Waals surface area contributed by atoms with Gasteiger partial charge in [-0.3, -0.25) is 14.6 Å². The Labute approximate surface area is 199 Å². The second kappa shape index (κ2) is 10.2. The molecule has 1 fully saturated rings. The summed E-state index contributed by atoms with van der Waals surface area (Å²) in [6.45, 7) is 0.295. The average molecular weight is 485 g/mol. The topological polar surface area (TPSA) is 91.8 Å². The van der Waals surface area contributed by atoms with Gasteiger partial charge in [0, 0.05) is 17.4 Å². The summed E-state index contributed by atoms with van der Waals surface area (Å²) in [6, 6.07) is 15.0. The third-order valence-electron chi connectivity index (χ3n) is 5.64. The minimum Gasteiger partial charge on any atom is -0.386 e. The molecule has 35 heavy (non-hydrogen) atoms. The van der Waals surface area contributed by atoms with Crippen LogP contribution in [0, 0.1) is 0 Å². The van der Waals surface area contributed by atoms with Crippen LogP contribution in [-0.4, -0.2) is 46.1 Å². The third kappa shape index (κ3) is 5.84. The molecular formula is C25H22F3N3O4. The lowest BCUT2D eigenvalue weighted by molar-refractivity contribution is -0.155. The summed E-state index contributed by atoms with van der Waals surface area (Å²) < 4.78 is 43.5. The molecule has 0 bridgehead atoms. The van der Waals surface area contributed by atoms with Gasteiger partial charge in [0.2, 0.25) is 5.91 Å². The molecule has 2 atom stereocenters. The Morgan fingerprint density at radius 2 is 1.83 bits per heavy atom. The van der Waals surface area contributed by atoms with Crippen LogP contribution in [0.15, 0.2) is 72.9 Å². The molecule has 2 heterocycles. The molecule has 0 spiro atoms. The van der Waals surface area contributed by atoms with E-state index in [1.807, 2.05) is 6.07 Å². The van der Waals surface area contributed by atoms with Gasteiger partial charge in [-0.1, -0.05) is 18.2 Å². The number of rotatable bonds is 6. The minimum absolute atomic E-state index is 0.0742. The molecule has 7 nitrogen and oxygen atoms in total. The number of aromatic nitrogens is 1. The molecular weight excluding hydrogens is 463 g/mol. The van der Waals surface area contributed by atoms with E-state index in [0.29, 0.717) is 16.9 Å². The summed E-state index contributed by atoms with van der Waals surface area (Å²) in [7, 11) is 0. The zero-order valence-electron chi connectivity index (χ0n) is 18.4. The Balaban J connectivity index is 1.43. The lowest BCUT2D eigenvalue weighted by Crippen LogP contribution is -2.51. The fourth-order valence-corrected chi connectivity index (χ4v) is 3.76. The SMILES string of the molecule is O=C(Nc1ccc([C@@H](O)[C@H]2COCC(=O)N2Cc2ccccn2)cc1)c1ccc(C(F)(F)F)cc1. The summed E-state index contributed by atoms with van der Waals surface area (Å²) in [4.78, 5) is 30.6. The first kappa shape index (κ1) is 24.4. The maximum atomic E-state index is 12.7. The number of carbonyl (C=O) groups is 2. The molecule has 1 aliphatic heterocycles. The number of pyridine rings is 1. The number of anilines is 1. The smallest absolute Gasteiger partial charge is 0.386 e. The predicted octanol–water partition coefficient (Wildman–Crippen LogP) is 3.81. The van der Waals surface area contributed by atoms with Crippen molar-refractivity contribution in [2.45, 2.75) is 24.9 Å². The first-order valence-electron chi connectivity index (χ1n) is 10.8. The number of hydrogen-bond acceptors (Lipinski definition) is 5. The van der Waals surface area contributed by atoms with Crippen molar-refractivity contribution in [1.29, 1.82) is 0 Å². The van der Waals surface area contributed by atoms with E-state index in [1.165, 1.54) is 4.90 Å². The Kier molecular flexibility index (Phi) is 7.13. The number of nitrogens with one attached hydrogen (secondary N) is 1. The number of amides is 2. The molecule has 4 rings (SSSR count). The van der Waals surface area contributed by atoms with Crippen LogP contribution in [0.5, 0.6) is 0 Å². The van der Waals surface area contributed by atoms with Crippen molar-refractivity contribution in [3.8, 4) is 0 Å². The fraction of sp³-hybridized carbons (Fsp3) is 0.240. The summed E-state index contributed by atoms with van der Waals surface area (Å²) in [5.41, 5.74) is 0.820. The van der Waals surface area contributed by atoms with Gasteiger partial charge in [0.1, 0.15) is 12.7 Å². The summed E-state index contributed by atoms with van der Waals surface area (Å²) >= 11 is 0.